The van der Waals surface area contributed by atoms with Crippen LogP contribution in [0.3, 0.4) is 0 Å². The predicted molar refractivity (Wildman–Crippen MR) is 70.6 cm³/mol. The lowest BCUT2D eigenvalue weighted by atomic mass is 10.3. The molecule has 1 aromatic carbocycles. The highest BCUT2D eigenvalue weighted by atomic mass is 32.2. The van der Waals surface area contributed by atoms with Gasteiger partial charge >= 0.3 is 0 Å². The van der Waals surface area contributed by atoms with Gasteiger partial charge in [0.15, 0.2) is 0 Å². The smallest absolute Gasteiger partial charge is 0.133 e. The van der Waals surface area contributed by atoms with Gasteiger partial charge in [-0.05, 0) is 32.2 Å². The summed E-state index contributed by atoms with van der Waals surface area (Å²) in [6, 6.07) is 8.15. The Morgan fingerprint density at radius 2 is 2.07 bits per heavy atom. The lowest BCUT2D eigenvalue weighted by Gasteiger charge is -2.25. The molecule has 0 fully saturated rings. The number of benzene rings is 1. The van der Waals surface area contributed by atoms with Crippen molar-refractivity contribution >= 4 is 35.4 Å². The van der Waals surface area contributed by atoms with E-state index in [1.807, 2.05) is 25.1 Å². The van der Waals surface area contributed by atoms with Crippen molar-refractivity contribution in [2.75, 3.05) is 6.26 Å². The van der Waals surface area contributed by atoms with E-state index in [0.717, 1.165) is 16.9 Å². The number of thioether (sulfide) groups is 1. The molecule has 0 N–H and O–H groups in total. The molecule has 2 nitrogen and oxygen atoms in total. The maximum Gasteiger partial charge on any atom is 0.133 e. The third-order valence-electron chi connectivity index (χ3n) is 2.53. The summed E-state index contributed by atoms with van der Waals surface area (Å²) in [5.41, 5.74) is 2.17. The third kappa shape index (κ3) is 1.76. The van der Waals surface area contributed by atoms with Crippen LogP contribution in [0.5, 0.6) is 0 Å². The number of aromatic nitrogens is 2. The molecule has 0 aliphatic carbocycles. The van der Waals surface area contributed by atoms with Crippen LogP contribution >= 0.6 is 24.4 Å². The van der Waals surface area contributed by atoms with Gasteiger partial charge in [-0.2, -0.15) is 0 Å². The monoisotopic (exact) mass is 238 g/mol. The number of hydrogen-bond acceptors (Lipinski definition) is 3. The van der Waals surface area contributed by atoms with Crippen LogP contribution < -0.4 is 0 Å². The minimum absolute atomic E-state index is 0.250. The number of imidazole rings is 1. The number of aryl methyl sites for hydroxylation is 1. The minimum Gasteiger partial charge on any atom is -0.304 e. The van der Waals surface area contributed by atoms with E-state index in [1.165, 1.54) is 0 Å². The number of nitrogens with zero attached hydrogens (tertiary/aromatic N) is 2. The Kier molecular flexibility index (Phi) is 2.73. The highest BCUT2D eigenvalue weighted by Crippen LogP contribution is 2.36. The third-order valence-corrected chi connectivity index (χ3v) is 4.23. The highest BCUT2D eigenvalue weighted by Gasteiger charge is 2.23. The Hall–Kier alpha value is -0.610. The van der Waals surface area contributed by atoms with Gasteiger partial charge in [0.2, 0.25) is 0 Å². The number of para-hydroxylation sites is 2. The second-order valence-electron chi connectivity index (χ2n) is 3.62. The van der Waals surface area contributed by atoms with Gasteiger partial charge in [-0.15, -0.1) is 24.4 Å². The number of hydrogen-bond donors (Lipinski definition) is 1. The summed E-state index contributed by atoms with van der Waals surface area (Å²) in [5, 5.41) is 0. The highest BCUT2D eigenvalue weighted by molar-refractivity contribution is 8.10. The fourth-order valence-corrected chi connectivity index (χ4v) is 2.43. The molecule has 2 aromatic rings. The first-order valence-electron chi connectivity index (χ1n) is 4.78. The van der Waals surface area contributed by atoms with Crippen LogP contribution in [0.15, 0.2) is 24.3 Å². The van der Waals surface area contributed by atoms with Crippen molar-refractivity contribution < 1.29 is 0 Å². The van der Waals surface area contributed by atoms with E-state index in [4.69, 9.17) is 0 Å². The van der Waals surface area contributed by atoms with Gasteiger partial charge in [-0.25, -0.2) is 4.98 Å². The Morgan fingerprint density at radius 1 is 1.40 bits per heavy atom. The van der Waals surface area contributed by atoms with Crippen LogP contribution in [-0.4, -0.2) is 15.8 Å². The first-order chi connectivity index (χ1) is 7.06. The van der Waals surface area contributed by atoms with E-state index in [2.05, 4.69) is 41.4 Å². The zero-order valence-corrected chi connectivity index (χ0v) is 10.8. The lowest BCUT2D eigenvalue weighted by molar-refractivity contribution is 0.684. The number of rotatable bonds is 2. The minimum atomic E-state index is -0.250. The van der Waals surface area contributed by atoms with Crippen molar-refractivity contribution in [2.24, 2.45) is 0 Å². The van der Waals surface area contributed by atoms with Crippen molar-refractivity contribution in [3.63, 3.8) is 0 Å². The summed E-state index contributed by atoms with van der Waals surface area (Å²) in [4.78, 5) is 4.53. The summed E-state index contributed by atoms with van der Waals surface area (Å²) in [6.07, 6.45) is 2.06. The summed E-state index contributed by atoms with van der Waals surface area (Å²) >= 11 is 6.37. The van der Waals surface area contributed by atoms with Crippen LogP contribution in [0.2, 0.25) is 0 Å². The molecule has 0 radical (unpaired) electrons. The summed E-state index contributed by atoms with van der Waals surface area (Å²) < 4.78 is 1.91. The van der Waals surface area contributed by atoms with Crippen molar-refractivity contribution in [3.8, 4) is 0 Å². The molecular weight excluding hydrogens is 224 g/mol. The maximum atomic E-state index is 4.67. The van der Waals surface area contributed by atoms with Crippen molar-refractivity contribution in [1.82, 2.24) is 9.55 Å². The van der Waals surface area contributed by atoms with Crippen LogP contribution in [-0.2, 0) is 4.20 Å². The van der Waals surface area contributed by atoms with E-state index >= 15 is 0 Å². The van der Waals surface area contributed by atoms with Crippen LogP contribution in [0.1, 0.15) is 12.7 Å². The summed E-state index contributed by atoms with van der Waals surface area (Å²) in [6.45, 7) is 4.10. The largest absolute Gasteiger partial charge is 0.304 e. The first kappa shape index (κ1) is 10.9. The molecule has 0 bridgehead atoms. The fraction of sp³-hybridized carbons (Fsp3) is 0.364. The zero-order valence-electron chi connectivity index (χ0n) is 9.06. The second-order valence-corrected chi connectivity index (χ2v) is 6.00. The Bertz CT molecular complexity index is 488. The molecule has 0 amide bonds. The van der Waals surface area contributed by atoms with E-state index in [1.54, 1.807) is 11.8 Å². The molecule has 1 heterocycles. The molecule has 2 rings (SSSR count). The summed E-state index contributed by atoms with van der Waals surface area (Å²) in [5.74, 6) is 1.00. The molecule has 4 heteroatoms. The first-order valence-corrected chi connectivity index (χ1v) is 6.45. The SMILES string of the molecule is CSC(C)(S)n1c(C)nc2ccccc21. The van der Waals surface area contributed by atoms with Crippen LogP contribution in [0, 0.1) is 6.92 Å². The van der Waals surface area contributed by atoms with Crippen LogP contribution in [0.4, 0.5) is 0 Å². The van der Waals surface area contributed by atoms with Crippen molar-refractivity contribution in [3.05, 3.63) is 30.1 Å². The van der Waals surface area contributed by atoms with Gasteiger partial charge in [0.25, 0.3) is 0 Å². The Balaban J connectivity index is 2.74. The number of thiol groups is 1. The van der Waals surface area contributed by atoms with Crippen molar-refractivity contribution in [2.45, 2.75) is 18.1 Å². The van der Waals surface area contributed by atoms with Gasteiger partial charge < -0.3 is 4.57 Å². The predicted octanol–water partition coefficient (Wildman–Crippen LogP) is 3.27. The molecule has 1 atom stereocenters. The lowest BCUT2D eigenvalue weighted by Crippen LogP contribution is -2.19. The van der Waals surface area contributed by atoms with E-state index in [0.29, 0.717) is 0 Å². The zero-order chi connectivity index (χ0) is 11.1. The average molecular weight is 238 g/mol. The molecule has 0 aliphatic rings. The van der Waals surface area contributed by atoms with E-state index in [-0.39, 0.29) is 4.20 Å². The number of fused-ring (bicyclic) bond motifs is 1. The molecule has 15 heavy (non-hydrogen) atoms. The molecule has 0 aliphatic heterocycles. The molecule has 0 saturated carbocycles. The molecule has 1 unspecified atom stereocenters. The standard InChI is InChI=1S/C11H14N2S2/c1-8-12-9-6-4-5-7-10(9)13(8)11(2,14)15-3/h4-7,14H,1-3H3. The molecule has 80 valence electrons. The van der Waals surface area contributed by atoms with Gasteiger partial charge in [-0.1, -0.05) is 12.1 Å². The Morgan fingerprint density at radius 3 is 2.73 bits per heavy atom. The molecule has 0 saturated heterocycles. The molecule has 0 spiro atoms. The van der Waals surface area contributed by atoms with E-state index < -0.39 is 0 Å². The second kappa shape index (κ2) is 3.76. The van der Waals surface area contributed by atoms with Gasteiger partial charge in [0.05, 0.1) is 11.0 Å². The van der Waals surface area contributed by atoms with Gasteiger partial charge in [-0.3, -0.25) is 0 Å². The molecular formula is C11H14N2S2. The topological polar surface area (TPSA) is 17.8 Å². The average Bonchev–Trinajstić information content (AvgIpc) is 2.54. The van der Waals surface area contributed by atoms with Crippen molar-refractivity contribution in [1.29, 1.82) is 0 Å². The fourth-order valence-electron chi connectivity index (χ4n) is 1.76. The van der Waals surface area contributed by atoms with E-state index in [9.17, 15) is 0 Å². The quantitative estimate of drug-likeness (QED) is 0.639. The normalized spacial score (nSPS) is 15.5. The Labute approximate surface area is 99.5 Å². The molecule has 1 aromatic heterocycles. The summed E-state index contributed by atoms with van der Waals surface area (Å²) in [7, 11) is 0. The van der Waals surface area contributed by atoms with Gasteiger partial charge in [0.1, 0.15) is 10.0 Å². The van der Waals surface area contributed by atoms with Gasteiger partial charge in [0, 0.05) is 0 Å². The maximum absolute atomic E-state index is 4.67. The van der Waals surface area contributed by atoms with Crippen LogP contribution in [0.25, 0.3) is 11.0 Å².